The molecule has 1 atom stereocenters. The molecule has 2 rings (SSSR count). The minimum Gasteiger partial charge on any atom is -0.336 e. The third kappa shape index (κ3) is 2.46. The van der Waals surface area contributed by atoms with Gasteiger partial charge in [-0.2, -0.15) is 0 Å². The van der Waals surface area contributed by atoms with Crippen LogP contribution in [0.5, 0.6) is 0 Å². The van der Waals surface area contributed by atoms with Gasteiger partial charge in [-0.25, -0.2) is 0 Å². The van der Waals surface area contributed by atoms with Gasteiger partial charge in [0.15, 0.2) is 0 Å². The van der Waals surface area contributed by atoms with Gasteiger partial charge < -0.3 is 4.90 Å². The first-order valence-electron chi connectivity index (χ1n) is 5.75. The van der Waals surface area contributed by atoms with Crippen LogP contribution in [0.4, 0.5) is 0 Å². The molecule has 1 aromatic rings. The summed E-state index contributed by atoms with van der Waals surface area (Å²) in [7, 11) is 0. The third-order valence-electron chi connectivity index (χ3n) is 3.14. The van der Waals surface area contributed by atoms with Gasteiger partial charge in [0, 0.05) is 22.6 Å². The Morgan fingerprint density at radius 2 is 2.25 bits per heavy atom. The van der Waals surface area contributed by atoms with E-state index < -0.39 is 0 Å². The second kappa shape index (κ2) is 5.00. The van der Waals surface area contributed by atoms with Crippen LogP contribution in [-0.4, -0.2) is 23.4 Å². The highest BCUT2D eigenvalue weighted by molar-refractivity contribution is 9.10. The highest BCUT2D eigenvalue weighted by Crippen LogP contribution is 2.20. The summed E-state index contributed by atoms with van der Waals surface area (Å²) < 4.78 is 0.961. The molecule has 0 radical (unpaired) electrons. The summed E-state index contributed by atoms with van der Waals surface area (Å²) in [5.41, 5.74) is 0.781. The van der Waals surface area contributed by atoms with Gasteiger partial charge in [-0.3, -0.25) is 4.79 Å². The number of carbonyl (C=O) groups excluding carboxylic acids is 1. The Morgan fingerprint density at radius 1 is 1.44 bits per heavy atom. The van der Waals surface area contributed by atoms with Gasteiger partial charge >= 0.3 is 0 Å². The molecule has 0 saturated carbocycles. The predicted molar refractivity (Wildman–Crippen MR) is 68.5 cm³/mol. The zero-order chi connectivity index (χ0) is 11.5. The smallest absolute Gasteiger partial charge is 0.254 e. The minimum atomic E-state index is 0.161. The number of benzene rings is 1. The fourth-order valence-electron chi connectivity index (χ4n) is 2.19. The Hall–Kier alpha value is -0.830. The number of hydrogen-bond acceptors (Lipinski definition) is 1. The molecule has 1 heterocycles. The predicted octanol–water partition coefficient (Wildman–Crippen LogP) is 3.46. The van der Waals surface area contributed by atoms with Crippen LogP contribution in [0.3, 0.4) is 0 Å². The van der Waals surface area contributed by atoms with Crippen molar-refractivity contribution in [2.45, 2.75) is 32.2 Å². The lowest BCUT2D eigenvalue weighted by molar-refractivity contribution is 0.0635. The number of carbonyl (C=O) groups is 1. The van der Waals surface area contributed by atoms with Crippen molar-refractivity contribution in [3.8, 4) is 0 Å². The molecule has 1 aromatic carbocycles. The number of nitrogens with zero attached hydrogens (tertiary/aromatic N) is 1. The van der Waals surface area contributed by atoms with Gasteiger partial charge in [-0.15, -0.1) is 0 Å². The first-order valence-corrected chi connectivity index (χ1v) is 6.54. The topological polar surface area (TPSA) is 20.3 Å². The Labute approximate surface area is 105 Å². The lowest BCUT2D eigenvalue weighted by Crippen LogP contribution is -2.42. The maximum absolute atomic E-state index is 12.3. The molecule has 0 aromatic heterocycles. The van der Waals surface area contributed by atoms with Gasteiger partial charge in [-0.05, 0) is 44.4 Å². The maximum Gasteiger partial charge on any atom is 0.254 e. The van der Waals surface area contributed by atoms with Crippen molar-refractivity contribution in [3.63, 3.8) is 0 Å². The first kappa shape index (κ1) is 11.6. The molecule has 1 aliphatic heterocycles. The van der Waals surface area contributed by atoms with E-state index in [0.29, 0.717) is 6.04 Å². The Morgan fingerprint density at radius 3 is 2.94 bits per heavy atom. The largest absolute Gasteiger partial charge is 0.336 e. The lowest BCUT2D eigenvalue weighted by Gasteiger charge is -2.33. The van der Waals surface area contributed by atoms with E-state index in [1.807, 2.05) is 29.2 Å². The molecular weight excluding hydrogens is 266 g/mol. The highest BCUT2D eigenvalue weighted by Gasteiger charge is 2.23. The number of likely N-dealkylation sites (tertiary alicyclic amines) is 1. The molecule has 0 bridgehead atoms. The quantitative estimate of drug-likeness (QED) is 0.772. The first-order chi connectivity index (χ1) is 7.68. The van der Waals surface area contributed by atoms with Crippen molar-refractivity contribution in [1.82, 2.24) is 4.90 Å². The summed E-state index contributed by atoms with van der Waals surface area (Å²) in [6, 6.07) is 8.00. The van der Waals surface area contributed by atoms with E-state index in [2.05, 4.69) is 22.9 Å². The SMILES string of the molecule is C[C@H]1CCCCN1C(=O)c1cccc(Br)c1. The summed E-state index contributed by atoms with van der Waals surface area (Å²) in [4.78, 5) is 14.3. The Balaban J connectivity index is 2.17. The van der Waals surface area contributed by atoms with E-state index >= 15 is 0 Å². The standard InChI is InChI=1S/C13H16BrNO/c1-10-5-2-3-8-15(10)13(16)11-6-4-7-12(14)9-11/h4,6-7,9-10H,2-3,5,8H2,1H3/t10-/m0/s1. The van der Waals surface area contributed by atoms with Gasteiger partial charge in [0.1, 0.15) is 0 Å². The van der Waals surface area contributed by atoms with Crippen LogP contribution >= 0.6 is 15.9 Å². The van der Waals surface area contributed by atoms with E-state index in [4.69, 9.17) is 0 Å². The molecular formula is C13H16BrNO. The molecule has 1 amide bonds. The van der Waals surface area contributed by atoms with Crippen LogP contribution in [0.1, 0.15) is 36.5 Å². The van der Waals surface area contributed by atoms with Crippen LogP contribution in [0.25, 0.3) is 0 Å². The fraction of sp³-hybridized carbons (Fsp3) is 0.462. The molecule has 1 aliphatic rings. The second-order valence-corrected chi connectivity index (χ2v) is 5.27. The van der Waals surface area contributed by atoms with E-state index in [1.165, 1.54) is 6.42 Å². The van der Waals surface area contributed by atoms with Crippen molar-refractivity contribution in [2.75, 3.05) is 6.54 Å². The lowest BCUT2D eigenvalue weighted by atomic mass is 10.0. The van der Waals surface area contributed by atoms with E-state index in [1.54, 1.807) is 0 Å². The van der Waals surface area contributed by atoms with E-state index in [0.717, 1.165) is 29.4 Å². The molecule has 0 spiro atoms. The van der Waals surface area contributed by atoms with Crippen molar-refractivity contribution in [1.29, 1.82) is 0 Å². The molecule has 1 fully saturated rings. The van der Waals surface area contributed by atoms with E-state index in [9.17, 15) is 4.79 Å². The molecule has 0 aliphatic carbocycles. The zero-order valence-electron chi connectivity index (χ0n) is 9.45. The molecule has 86 valence electrons. The molecule has 2 nitrogen and oxygen atoms in total. The molecule has 3 heteroatoms. The number of rotatable bonds is 1. The third-order valence-corrected chi connectivity index (χ3v) is 3.63. The highest BCUT2D eigenvalue weighted by atomic mass is 79.9. The van der Waals surface area contributed by atoms with Crippen molar-refractivity contribution in [3.05, 3.63) is 34.3 Å². The minimum absolute atomic E-state index is 0.161. The average molecular weight is 282 g/mol. The number of piperidine rings is 1. The number of halogens is 1. The van der Waals surface area contributed by atoms with Crippen LogP contribution in [0.15, 0.2) is 28.7 Å². The summed E-state index contributed by atoms with van der Waals surface area (Å²) in [6.45, 7) is 3.03. The zero-order valence-corrected chi connectivity index (χ0v) is 11.0. The summed E-state index contributed by atoms with van der Waals surface area (Å²) >= 11 is 3.40. The normalized spacial score (nSPS) is 20.9. The van der Waals surface area contributed by atoms with Gasteiger partial charge in [0.25, 0.3) is 5.91 Å². The van der Waals surface area contributed by atoms with Crippen LogP contribution < -0.4 is 0 Å². The van der Waals surface area contributed by atoms with Crippen LogP contribution in [-0.2, 0) is 0 Å². The van der Waals surface area contributed by atoms with Crippen molar-refractivity contribution < 1.29 is 4.79 Å². The maximum atomic E-state index is 12.3. The monoisotopic (exact) mass is 281 g/mol. The Bertz CT molecular complexity index is 391. The average Bonchev–Trinajstić information content (AvgIpc) is 2.29. The van der Waals surface area contributed by atoms with Gasteiger partial charge in [-0.1, -0.05) is 22.0 Å². The van der Waals surface area contributed by atoms with Crippen LogP contribution in [0.2, 0.25) is 0 Å². The number of hydrogen-bond donors (Lipinski definition) is 0. The van der Waals surface area contributed by atoms with E-state index in [-0.39, 0.29) is 5.91 Å². The molecule has 0 N–H and O–H groups in total. The Kier molecular flexibility index (Phi) is 3.64. The fourth-order valence-corrected chi connectivity index (χ4v) is 2.59. The van der Waals surface area contributed by atoms with Crippen molar-refractivity contribution in [2.24, 2.45) is 0 Å². The molecule has 16 heavy (non-hydrogen) atoms. The van der Waals surface area contributed by atoms with Crippen molar-refractivity contribution >= 4 is 21.8 Å². The van der Waals surface area contributed by atoms with Gasteiger partial charge in [0.05, 0.1) is 0 Å². The molecule has 0 unspecified atom stereocenters. The van der Waals surface area contributed by atoms with Gasteiger partial charge in [0.2, 0.25) is 0 Å². The number of amides is 1. The summed E-state index contributed by atoms with van der Waals surface area (Å²) in [5, 5.41) is 0. The van der Waals surface area contributed by atoms with Crippen LogP contribution in [0, 0.1) is 0 Å². The second-order valence-electron chi connectivity index (χ2n) is 4.35. The molecule has 1 saturated heterocycles. The summed E-state index contributed by atoms with van der Waals surface area (Å²) in [5.74, 6) is 0.161. The summed E-state index contributed by atoms with van der Waals surface area (Å²) in [6.07, 6.45) is 3.49.